The van der Waals surface area contributed by atoms with Crippen LogP contribution in [0.5, 0.6) is 5.75 Å². The summed E-state index contributed by atoms with van der Waals surface area (Å²) < 4.78 is 38.4. The molecule has 0 aliphatic heterocycles. The molecule has 0 spiro atoms. The quantitative estimate of drug-likeness (QED) is 0.589. The van der Waals surface area contributed by atoms with Gasteiger partial charge in [-0.15, -0.1) is 0 Å². The highest BCUT2D eigenvalue weighted by Gasteiger charge is 2.22. The molecule has 0 unspecified atom stereocenters. The molecule has 0 aromatic heterocycles. The van der Waals surface area contributed by atoms with E-state index in [1.807, 2.05) is 0 Å². The molecule has 1 aliphatic carbocycles. The predicted octanol–water partition coefficient (Wildman–Crippen LogP) is 2.14. The summed E-state index contributed by atoms with van der Waals surface area (Å²) >= 11 is 0. The lowest BCUT2D eigenvalue weighted by Gasteiger charge is -2.22. The van der Waals surface area contributed by atoms with E-state index < -0.39 is 10.0 Å². The molecular weight excluding hydrogens is 368 g/mol. The first-order chi connectivity index (χ1) is 12.9. The summed E-state index contributed by atoms with van der Waals surface area (Å²) in [5.74, 6) is 0.278. The van der Waals surface area contributed by atoms with Crippen molar-refractivity contribution in [2.45, 2.75) is 56.4 Å². The van der Waals surface area contributed by atoms with Crippen LogP contribution < -0.4 is 14.8 Å². The number of methoxy groups -OCH3 is 1. The van der Waals surface area contributed by atoms with Gasteiger partial charge in [-0.05, 0) is 49.9 Å². The van der Waals surface area contributed by atoms with Crippen LogP contribution >= 0.6 is 0 Å². The van der Waals surface area contributed by atoms with Crippen LogP contribution in [-0.2, 0) is 19.6 Å². The van der Waals surface area contributed by atoms with Crippen molar-refractivity contribution < 1.29 is 22.7 Å². The molecule has 0 heterocycles. The SMILES string of the molecule is COCCCNC(=O)COc1ccc(S(=O)(=O)NC2CCCCC2)cc1C. The number of carbonyl (C=O) groups excluding carboxylic acids is 1. The fourth-order valence-electron chi connectivity index (χ4n) is 3.10. The zero-order valence-corrected chi connectivity index (χ0v) is 16.9. The number of nitrogens with one attached hydrogen (secondary N) is 2. The van der Waals surface area contributed by atoms with Gasteiger partial charge in [0.25, 0.3) is 5.91 Å². The lowest BCUT2D eigenvalue weighted by Crippen LogP contribution is -2.36. The molecule has 8 heteroatoms. The van der Waals surface area contributed by atoms with Crippen molar-refractivity contribution in [1.82, 2.24) is 10.0 Å². The highest BCUT2D eigenvalue weighted by molar-refractivity contribution is 7.89. The van der Waals surface area contributed by atoms with Crippen LogP contribution in [0.15, 0.2) is 23.1 Å². The molecule has 2 N–H and O–H groups in total. The molecule has 7 nitrogen and oxygen atoms in total. The molecular formula is C19H30N2O5S. The van der Waals surface area contributed by atoms with Gasteiger partial charge in [-0.2, -0.15) is 0 Å². The normalized spacial score (nSPS) is 15.5. The second-order valence-corrected chi connectivity index (χ2v) is 8.58. The maximum Gasteiger partial charge on any atom is 0.257 e. The zero-order valence-electron chi connectivity index (χ0n) is 16.1. The molecule has 1 fully saturated rings. The van der Waals surface area contributed by atoms with Crippen molar-refractivity contribution in [1.29, 1.82) is 0 Å². The molecule has 1 aliphatic rings. The van der Waals surface area contributed by atoms with E-state index in [4.69, 9.17) is 9.47 Å². The summed E-state index contributed by atoms with van der Waals surface area (Å²) in [6, 6.07) is 4.71. The van der Waals surface area contributed by atoms with Gasteiger partial charge in [0.15, 0.2) is 6.61 Å². The topological polar surface area (TPSA) is 93.7 Å². The van der Waals surface area contributed by atoms with Crippen LogP contribution in [-0.4, -0.2) is 47.2 Å². The second kappa shape index (κ2) is 10.6. The minimum atomic E-state index is -3.54. The van der Waals surface area contributed by atoms with Gasteiger partial charge in [0.05, 0.1) is 4.90 Å². The van der Waals surface area contributed by atoms with Crippen LogP contribution in [0.25, 0.3) is 0 Å². The summed E-state index contributed by atoms with van der Waals surface area (Å²) in [5, 5.41) is 2.74. The van der Waals surface area contributed by atoms with Gasteiger partial charge in [0, 0.05) is 26.3 Å². The van der Waals surface area contributed by atoms with Crippen molar-refractivity contribution in [3.8, 4) is 5.75 Å². The average molecular weight is 399 g/mol. The predicted molar refractivity (Wildman–Crippen MR) is 103 cm³/mol. The molecule has 27 heavy (non-hydrogen) atoms. The van der Waals surface area contributed by atoms with Crippen molar-refractivity contribution in [3.05, 3.63) is 23.8 Å². The first-order valence-electron chi connectivity index (χ1n) is 9.44. The Labute approximate surface area is 161 Å². The van der Waals surface area contributed by atoms with Crippen molar-refractivity contribution in [2.75, 3.05) is 26.9 Å². The number of hydrogen-bond donors (Lipinski definition) is 2. The molecule has 0 bridgehead atoms. The number of rotatable bonds is 10. The van der Waals surface area contributed by atoms with E-state index in [2.05, 4.69) is 10.0 Å². The first kappa shape index (κ1) is 21.7. The molecule has 0 saturated heterocycles. The monoisotopic (exact) mass is 398 g/mol. The van der Waals surface area contributed by atoms with Gasteiger partial charge in [0.2, 0.25) is 10.0 Å². The van der Waals surface area contributed by atoms with E-state index in [1.54, 1.807) is 26.2 Å². The third kappa shape index (κ3) is 7.12. The van der Waals surface area contributed by atoms with E-state index >= 15 is 0 Å². The lowest BCUT2D eigenvalue weighted by atomic mass is 9.96. The third-order valence-electron chi connectivity index (χ3n) is 4.59. The maximum absolute atomic E-state index is 12.6. The standard InChI is InChI=1S/C19H30N2O5S/c1-15-13-17(27(23,24)21-16-7-4-3-5-8-16)9-10-18(15)26-14-19(22)20-11-6-12-25-2/h9-10,13,16,21H,3-8,11-12,14H2,1-2H3,(H,20,22). The number of carbonyl (C=O) groups is 1. The molecule has 152 valence electrons. The summed E-state index contributed by atoms with van der Waals surface area (Å²) in [6.07, 6.45) is 5.81. The highest BCUT2D eigenvalue weighted by Crippen LogP contribution is 2.24. The van der Waals surface area contributed by atoms with Crippen LogP contribution in [0.2, 0.25) is 0 Å². The molecule has 2 rings (SSSR count). The Morgan fingerprint density at radius 2 is 1.96 bits per heavy atom. The van der Waals surface area contributed by atoms with E-state index in [9.17, 15) is 13.2 Å². The minimum Gasteiger partial charge on any atom is -0.484 e. The Hall–Kier alpha value is -1.64. The Balaban J connectivity index is 1.89. The highest BCUT2D eigenvalue weighted by atomic mass is 32.2. The number of benzene rings is 1. The van der Waals surface area contributed by atoms with Crippen molar-refractivity contribution in [3.63, 3.8) is 0 Å². The van der Waals surface area contributed by atoms with Gasteiger partial charge < -0.3 is 14.8 Å². The van der Waals surface area contributed by atoms with E-state index in [-0.39, 0.29) is 23.5 Å². The van der Waals surface area contributed by atoms with Gasteiger partial charge in [-0.25, -0.2) is 13.1 Å². The largest absolute Gasteiger partial charge is 0.484 e. The van der Waals surface area contributed by atoms with Gasteiger partial charge >= 0.3 is 0 Å². The van der Waals surface area contributed by atoms with Crippen LogP contribution in [0.4, 0.5) is 0 Å². The first-order valence-corrected chi connectivity index (χ1v) is 10.9. The summed E-state index contributed by atoms with van der Waals surface area (Å²) in [4.78, 5) is 12.0. The summed E-state index contributed by atoms with van der Waals surface area (Å²) in [5.41, 5.74) is 0.675. The molecule has 0 radical (unpaired) electrons. The minimum absolute atomic E-state index is 0.0155. The average Bonchev–Trinajstić information content (AvgIpc) is 2.64. The fourth-order valence-corrected chi connectivity index (χ4v) is 4.49. The number of amides is 1. The number of aryl methyl sites for hydroxylation is 1. The Morgan fingerprint density at radius 1 is 1.22 bits per heavy atom. The van der Waals surface area contributed by atoms with Gasteiger partial charge in [-0.3, -0.25) is 4.79 Å². The van der Waals surface area contributed by atoms with Crippen LogP contribution in [0.3, 0.4) is 0 Å². The van der Waals surface area contributed by atoms with Gasteiger partial charge in [-0.1, -0.05) is 19.3 Å². The third-order valence-corrected chi connectivity index (χ3v) is 6.11. The van der Waals surface area contributed by atoms with Crippen LogP contribution in [0, 0.1) is 6.92 Å². The Bertz CT molecular complexity index is 715. The summed E-state index contributed by atoms with van der Waals surface area (Å²) in [7, 11) is -1.93. The number of hydrogen-bond acceptors (Lipinski definition) is 5. The molecule has 1 aromatic carbocycles. The fraction of sp³-hybridized carbons (Fsp3) is 0.632. The molecule has 1 saturated carbocycles. The number of ether oxygens (including phenoxy) is 2. The molecule has 1 amide bonds. The molecule has 0 atom stereocenters. The number of sulfonamides is 1. The Kier molecular flexibility index (Phi) is 8.53. The smallest absolute Gasteiger partial charge is 0.257 e. The summed E-state index contributed by atoms with van der Waals surface area (Å²) in [6.45, 7) is 2.77. The Morgan fingerprint density at radius 3 is 2.63 bits per heavy atom. The van der Waals surface area contributed by atoms with E-state index in [0.29, 0.717) is 24.5 Å². The maximum atomic E-state index is 12.6. The van der Waals surface area contributed by atoms with Crippen LogP contribution in [0.1, 0.15) is 44.1 Å². The van der Waals surface area contributed by atoms with Gasteiger partial charge in [0.1, 0.15) is 5.75 Å². The lowest BCUT2D eigenvalue weighted by molar-refractivity contribution is -0.123. The second-order valence-electron chi connectivity index (χ2n) is 6.87. The van der Waals surface area contributed by atoms with Crippen molar-refractivity contribution >= 4 is 15.9 Å². The van der Waals surface area contributed by atoms with E-state index in [1.165, 1.54) is 12.5 Å². The van der Waals surface area contributed by atoms with E-state index in [0.717, 1.165) is 32.1 Å². The zero-order chi connectivity index (χ0) is 19.7. The molecule has 1 aromatic rings. The van der Waals surface area contributed by atoms with Crippen molar-refractivity contribution in [2.24, 2.45) is 0 Å².